The van der Waals surface area contributed by atoms with E-state index in [-0.39, 0.29) is 18.7 Å². The minimum absolute atomic E-state index is 0.0849. The van der Waals surface area contributed by atoms with Crippen LogP contribution in [0.2, 0.25) is 0 Å². The smallest absolute Gasteiger partial charge is 0.319 e. The number of benzene rings is 1. The van der Waals surface area contributed by atoms with Crippen LogP contribution in [-0.2, 0) is 0 Å². The first-order valence-electron chi connectivity index (χ1n) is 7.49. The first kappa shape index (κ1) is 18.1. The van der Waals surface area contributed by atoms with Crippen LogP contribution in [0.15, 0.2) is 18.2 Å². The van der Waals surface area contributed by atoms with Gasteiger partial charge in [-0.15, -0.1) is 0 Å². The lowest BCUT2D eigenvalue weighted by atomic mass is 10.0. The van der Waals surface area contributed by atoms with Gasteiger partial charge in [-0.1, -0.05) is 13.8 Å². The number of rotatable bonds is 8. The summed E-state index contributed by atoms with van der Waals surface area (Å²) in [6, 6.07) is 4.56. The van der Waals surface area contributed by atoms with Gasteiger partial charge in [0.25, 0.3) is 0 Å². The van der Waals surface area contributed by atoms with E-state index in [1.807, 2.05) is 20.8 Å². The number of aliphatic hydroxyl groups is 1. The molecule has 22 heavy (non-hydrogen) atoms. The molecule has 0 saturated carbocycles. The van der Waals surface area contributed by atoms with Crippen LogP contribution in [-0.4, -0.2) is 37.5 Å². The van der Waals surface area contributed by atoms with Crippen LogP contribution in [0.4, 0.5) is 10.5 Å². The molecule has 124 valence electrons. The zero-order valence-corrected chi connectivity index (χ0v) is 13.7. The maximum Gasteiger partial charge on any atom is 0.319 e. The summed E-state index contributed by atoms with van der Waals surface area (Å²) in [5, 5.41) is 14.8. The van der Waals surface area contributed by atoms with E-state index in [0.717, 1.165) is 6.42 Å². The summed E-state index contributed by atoms with van der Waals surface area (Å²) >= 11 is 0. The molecule has 0 radical (unpaired) electrons. The van der Waals surface area contributed by atoms with Crippen molar-refractivity contribution in [3.05, 3.63) is 18.2 Å². The number of methoxy groups -OCH3 is 1. The lowest BCUT2D eigenvalue weighted by molar-refractivity contribution is 0.214. The third-order valence-electron chi connectivity index (χ3n) is 3.03. The highest BCUT2D eigenvalue weighted by molar-refractivity contribution is 5.89. The van der Waals surface area contributed by atoms with Crippen molar-refractivity contribution in [2.24, 2.45) is 5.92 Å². The average Bonchev–Trinajstić information content (AvgIpc) is 2.46. The molecule has 1 aromatic rings. The summed E-state index contributed by atoms with van der Waals surface area (Å²) in [4.78, 5) is 12.0. The SMILES string of the molecule is CCOc1cc(NC(=O)NC(CO)CC(C)C)ccc1OC. The lowest BCUT2D eigenvalue weighted by Gasteiger charge is -2.19. The molecule has 1 aromatic carbocycles. The van der Waals surface area contributed by atoms with E-state index >= 15 is 0 Å². The topological polar surface area (TPSA) is 79.8 Å². The highest BCUT2D eigenvalue weighted by Crippen LogP contribution is 2.30. The van der Waals surface area contributed by atoms with Gasteiger partial charge in [0.2, 0.25) is 0 Å². The van der Waals surface area contributed by atoms with Crippen molar-refractivity contribution in [3.63, 3.8) is 0 Å². The van der Waals surface area contributed by atoms with Crippen molar-refractivity contribution < 1.29 is 19.4 Å². The number of anilines is 1. The van der Waals surface area contributed by atoms with Crippen LogP contribution >= 0.6 is 0 Å². The molecule has 0 aliphatic carbocycles. The second-order valence-corrected chi connectivity index (χ2v) is 5.41. The zero-order chi connectivity index (χ0) is 16.5. The Hall–Kier alpha value is -1.95. The fourth-order valence-electron chi connectivity index (χ4n) is 2.12. The van der Waals surface area contributed by atoms with Gasteiger partial charge in [-0.2, -0.15) is 0 Å². The third kappa shape index (κ3) is 5.81. The van der Waals surface area contributed by atoms with Crippen molar-refractivity contribution in [1.29, 1.82) is 0 Å². The Balaban J connectivity index is 2.69. The molecule has 0 aliphatic heterocycles. The van der Waals surface area contributed by atoms with E-state index in [1.165, 1.54) is 0 Å². The number of urea groups is 1. The molecule has 1 rings (SSSR count). The van der Waals surface area contributed by atoms with Gasteiger partial charge in [0.05, 0.1) is 26.4 Å². The van der Waals surface area contributed by atoms with Gasteiger partial charge in [-0.25, -0.2) is 4.79 Å². The molecule has 1 unspecified atom stereocenters. The minimum Gasteiger partial charge on any atom is -0.493 e. The number of amides is 2. The Bertz CT molecular complexity index is 477. The molecule has 1 atom stereocenters. The number of hydrogen-bond donors (Lipinski definition) is 3. The number of carbonyl (C=O) groups is 1. The van der Waals surface area contributed by atoms with Crippen LogP contribution in [0.1, 0.15) is 27.2 Å². The van der Waals surface area contributed by atoms with E-state index in [4.69, 9.17) is 9.47 Å². The van der Waals surface area contributed by atoms with Crippen LogP contribution in [0.25, 0.3) is 0 Å². The number of nitrogens with one attached hydrogen (secondary N) is 2. The second-order valence-electron chi connectivity index (χ2n) is 5.41. The van der Waals surface area contributed by atoms with Gasteiger partial charge in [0, 0.05) is 11.8 Å². The maximum atomic E-state index is 12.0. The molecule has 3 N–H and O–H groups in total. The largest absolute Gasteiger partial charge is 0.493 e. The third-order valence-corrected chi connectivity index (χ3v) is 3.03. The van der Waals surface area contributed by atoms with Gasteiger partial charge < -0.3 is 25.2 Å². The molecule has 0 spiro atoms. The van der Waals surface area contributed by atoms with Crippen molar-refractivity contribution in [1.82, 2.24) is 5.32 Å². The van der Waals surface area contributed by atoms with Crippen molar-refractivity contribution in [2.45, 2.75) is 33.2 Å². The normalized spacial score (nSPS) is 11.9. The molecule has 0 aromatic heterocycles. The highest BCUT2D eigenvalue weighted by atomic mass is 16.5. The number of carbonyl (C=O) groups excluding carboxylic acids is 1. The van der Waals surface area contributed by atoms with Crippen LogP contribution < -0.4 is 20.1 Å². The summed E-state index contributed by atoms with van der Waals surface area (Å²) in [6.07, 6.45) is 0.719. The maximum absolute atomic E-state index is 12.0. The number of aliphatic hydroxyl groups excluding tert-OH is 1. The predicted octanol–water partition coefficient (Wildman–Crippen LogP) is 2.62. The molecule has 2 amide bonds. The molecule has 6 nitrogen and oxygen atoms in total. The summed E-state index contributed by atoms with van der Waals surface area (Å²) in [5.74, 6) is 1.58. The summed E-state index contributed by atoms with van der Waals surface area (Å²) < 4.78 is 10.7. The molecular formula is C16H26N2O4. The molecule has 0 saturated heterocycles. The van der Waals surface area contributed by atoms with Gasteiger partial charge in [-0.3, -0.25) is 0 Å². The van der Waals surface area contributed by atoms with Crippen molar-refractivity contribution in [3.8, 4) is 11.5 Å². The van der Waals surface area contributed by atoms with Gasteiger partial charge >= 0.3 is 6.03 Å². The fourth-order valence-corrected chi connectivity index (χ4v) is 2.12. The van der Waals surface area contributed by atoms with Gasteiger partial charge in [0.15, 0.2) is 11.5 Å². The standard InChI is InChI=1S/C16H26N2O4/c1-5-22-15-9-12(6-7-14(15)21-4)17-16(20)18-13(10-19)8-11(2)3/h6-7,9,11,13,19H,5,8,10H2,1-4H3,(H2,17,18,20). The Morgan fingerprint density at radius 3 is 2.59 bits per heavy atom. The molecule has 6 heteroatoms. The molecule has 0 heterocycles. The Labute approximate surface area is 131 Å². The fraction of sp³-hybridized carbons (Fsp3) is 0.562. The van der Waals surface area contributed by atoms with E-state index in [1.54, 1.807) is 25.3 Å². The van der Waals surface area contributed by atoms with Crippen LogP contribution in [0, 0.1) is 5.92 Å². The minimum atomic E-state index is -0.354. The summed E-state index contributed by atoms with van der Waals surface area (Å²) in [5.41, 5.74) is 0.600. The number of ether oxygens (including phenoxy) is 2. The van der Waals surface area contributed by atoms with Crippen molar-refractivity contribution in [2.75, 3.05) is 25.6 Å². The first-order valence-corrected chi connectivity index (χ1v) is 7.49. The Kier molecular flexibility index (Phi) is 7.52. The lowest BCUT2D eigenvalue weighted by Crippen LogP contribution is -2.40. The van der Waals surface area contributed by atoms with E-state index < -0.39 is 0 Å². The molecule has 0 aliphatic rings. The van der Waals surface area contributed by atoms with Gasteiger partial charge in [0.1, 0.15) is 0 Å². The van der Waals surface area contributed by atoms with E-state index in [9.17, 15) is 9.90 Å². The summed E-state index contributed by atoms with van der Waals surface area (Å²) in [7, 11) is 1.56. The van der Waals surface area contributed by atoms with Crippen LogP contribution in [0.5, 0.6) is 11.5 Å². The quantitative estimate of drug-likeness (QED) is 0.689. The zero-order valence-electron chi connectivity index (χ0n) is 13.7. The van der Waals surface area contributed by atoms with E-state index in [0.29, 0.717) is 29.7 Å². The molecule has 0 fully saturated rings. The Morgan fingerprint density at radius 2 is 2.05 bits per heavy atom. The first-order chi connectivity index (χ1) is 10.5. The summed E-state index contributed by atoms with van der Waals surface area (Å²) in [6.45, 7) is 6.38. The van der Waals surface area contributed by atoms with Crippen LogP contribution in [0.3, 0.4) is 0 Å². The second kappa shape index (κ2) is 9.15. The predicted molar refractivity (Wildman–Crippen MR) is 86.6 cm³/mol. The van der Waals surface area contributed by atoms with Crippen molar-refractivity contribution >= 4 is 11.7 Å². The molecular weight excluding hydrogens is 284 g/mol. The monoisotopic (exact) mass is 310 g/mol. The van der Waals surface area contributed by atoms with Gasteiger partial charge in [-0.05, 0) is 31.4 Å². The van der Waals surface area contributed by atoms with E-state index in [2.05, 4.69) is 10.6 Å². The Morgan fingerprint density at radius 1 is 1.32 bits per heavy atom. The highest BCUT2D eigenvalue weighted by Gasteiger charge is 2.14. The number of hydrogen-bond acceptors (Lipinski definition) is 4. The average molecular weight is 310 g/mol. The molecule has 0 bridgehead atoms.